The molecule has 0 aliphatic heterocycles. The van der Waals surface area contributed by atoms with Gasteiger partial charge in [0.15, 0.2) is 0 Å². The van der Waals surface area contributed by atoms with Gasteiger partial charge in [-0.15, -0.1) is 0 Å². The maximum Gasteiger partial charge on any atom is 0.260 e. The van der Waals surface area contributed by atoms with Gasteiger partial charge in [0, 0.05) is 5.71 Å². The van der Waals surface area contributed by atoms with Crippen LogP contribution >= 0.6 is 0 Å². The Balaban J connectivity index is 2.05. The number of amides is 1. The van der Waals surface area contributed by atoms with Crippen molar-refractivity contribution in [2.75, 3.05) is 17.1 Å². The van der Waals surface area contributed by atoms with E-state index in [0.717, 1.165) is 42.0 Å². The lowest BCUT2D eigenvalue weighted by molar-refractivity contribution is -0.119. The third-order valence-corrected chi connectivity index (χ3v) is 4.39. The van der Waals surface area contributed by atoms with Gasteiger partial charge in [-0.3, -0.25) is 9.10 Å². The minimum absolute atomic E-state index is 0.278. The third-order valence-electron chi connectivity index (χ3n) is 3.25. The number of carbonyl (C=O) groups excluding carboxylic acids is 1. The van der Waals surface area contributed by atoms with E-state index in [2.05, 4.69) is 10.5 Å². The second kappa shape index (κ2) is 6.71. The highest BCUT2D eigenvalue weighted by Crippen LogP contribution is 2.16. The van der Waals surface area contributed by atoms with Gasteiger partial charge in [0.05, 0.1) is 11.9 Å². The van der Waals surface area contributed by atoms with Gasteiger partial charge in [-0.2, -0.15) is 5.10 Å². The Morgan fingerprint density at radius 3 is 2.43 bits per heavy atom. The summed E-state index contributed by atoms with van der Waals surface area (Å²) in [7, 11) is -3.53. The van der Waals surface area contributed by atoms with E-state index in [1.807, 2.05) is 0 Å². The lowest BCUT2D eigenvalue weighted by Gasteiger charge is -2.21. The number of benzene rings is 1. The molecule has 1 saturated carbocycles. The van der Waals surface area contributed by atoms with Crippen molar-refractivity contribution >= 4 is 27.3 Å². The lowest BCUT2D eigenvalue weighted by Crippen LogP contribution is -2.39. The molecule has 1 N–H and O–H groups in total. The number of anilines is 1. The first kappa shape index (κ1) is 15.5. The summed E-state index contributed by atoms with van der Waals surface area (Å²) in [6.45, 7) is -0.278. The molecule has 1 fully saturated rings. The molecule has 1 aromatic carbocycles. The molecule has 1 amide bonds. The zero-order valence-electron chi connectivity index (χ0n) is 11.9. The quantitative estimate of drug-likeness (QED) is 0.837. The van der Waals surface area contributed by atoms with E-state index in [0.29, 0.717) is 5.69 Å². The van der Waals surface area contributed by atoms with Crippen molar-refractivity contribution < 1.29 is 13.2 Å². The summed E-state index contributed by atoms with van der Waals surface area (Å²) in [4.78, 5) is 11.9. The molecule has 0 radical (unpaired) electrons. The van der Waals surface area contributed by atoms with Crippen molar-refractivity contribution in [1.82, 2.24) is 5.43 Å². The molecule has 7 heteroatoms. The summed E-state index contributed by atoms with van der Waals surface area (Å²) >= 11 is 0. The molecule has 0 heterocycles. The van der Waals surface area contributed by atoms with Crippen LogP contribution in [0.5, 0.6) is 0 Å². The largest absolute Gasteiger partial charge is 0.271 e. The van der Waals surface area contributed by atoms with Crippen LogP contribution < -0.4 is 9.73 Å². The van der Waals surface area contributed by atoms with Crippen molar-refractivity contribution in [2.45, 2.75) is 25.7 Å². The molecule has 1 aliphatic carbocycles. The summed E-state index contributed by atoms with van der Waals surface area (Å²) in [5.74, 6) is -0.441. The second-order valence-electron chi connectivity index (χ2n) is 5.03. The van der Waals surface area contributed by atoms with Gasteiger partial charge in [-0.25, -0.2) is 13.8 Å². The number of hydrogen-bond acceptors (Lipinski definition) is 4. The van der Waals surface area contributed by atoms with Gasteiger partial charge in [0.1, 0.15) is 6.54 Å². The van der Waals surface area contributed by atoms with Gasteiger partial charge in [0.25, 0.3) is 5.91 Å². The lowest BCUT2D eigenvalue weighted by atomic mass is 10.3. The van der Waals surface area contributed by atoms with E-state index in [1.54, 1.807) is 30.3 Å². The molecule has 1 aliphatic rings. The molecule has 0 spiro atoms. The molecule has 1 aromatic rings. The standard InChI is InChI=1S/C14H19N3O3S/c1-21(19,20)17(13-9-3-2-4-10-13)11-14(18)16-15-12-7-5-6-8-12/h2-4,9-10H,5-8,11H2,1H3,(H,16,18). The number of para-hydroxylation sites is 1. The Bertz CT molecular complexity index is 618. The number of rotatable bonds is 5. The van der Waals surface area contributed by atoms with Crippen LogP contribution in [0.2, 0.25) is 0 Å². The zero-order valence-corrected chi connectivity index (χ0v) is 12.8. The molecule has 0 bridgehead atoms. The maximum absolute atomic E-state index is 11.9. The molecule has 6 nitrogen and oxygen atoms in total. The summed E-state index contributed by atoms with van der Waals surface area (Å²) in [6, 6.07) is 8.54. The Labute approximate surface area is 124 Å². The number of hydrazone groups is 1. The van der Waals surface area contributed by atoms with Crippen molar-refractivity contribution in [2.24, 2.45) is 5.10 Å². The number of carbonyl (C=O) groups is 1. The highest BCUT2D eigenvalue weighted by Gasteiger charge is 2.20. The maximum atomic E-state index is 11.9. The van der Waals surface area contributed by atoms with Gasteiger partial charge in [-0.05, 0) is 37.8 Å². The highest BCUT2D eigenvalue weighted by molar-refractivity contribution is 7.92. The first-order valence-electron chi connectivity index (χ1n) is 6.84. The van der Waals surface area contributed by atoms with Gasteiger partial charge in [0.2, 0.25) is 10.0 Å². The molecular weight excluding hydrogens is 290 g/mol. The van der Waals surface area contributed by atoms with E-state index in [9.17, 15) is 13.2 Å². The monoisotopic (exact) mass is 309 g/mol. The number of nitrogens with zero attached hydrogens (tertiary/aromatic N) is 2. The average Bonchev–Trinajstić information content (AvgIpc) is 2.95. The smallest absolute Gasteiger partial charge is 0.260 e. The normalized spacial score (nSPS) is 14.8. The van der Waals surface area contributed by atoms with Crippen LogP contribution in [0.4, 0.5) is 5.69 Å². The minimum Gasteiger partial charge on any atom is -0.271 e. The third kappa shape index (κ3) is 4.56. The average molecular weight is 309 g/mol. The summed E-state index contributed by atoms with van der Waals surface area (Å²) in [5, 5.41) is 4.05. The first-order valence-corrected chi connectivity index (χ1v) is 8.68. The Kier molecular flexibility index (Phi) is 4.95. The zero-order chi connectivity index (χ0) is 15.3. The van der Waals surface area contributed by atoms with E-state index in [4.69, 9.17) is 0 Å². The first-order chi connectivity index (χ1) is 9.97. The van der Waals surface area contributed by atoms with Gasteiger partial charge in [-0.1, -0.05) is 18.2 Å². The van der Waals surface area contributed by atoms with E-state index >= 15 is 0 Å². The molecule has 0 atom stereocenters. The molecule has 0 saturated heterocycles. The predicted molar refractivity (Wildman–Crippen MR) is 82.7 cm³/mol. The molecule has 0 unspecified atom stereocenters. The molecule has 114 valence electrons. The van der Waals surface area contributed by atoms with Crippen LogP contribution in [-0.2, 0) is 14.8 Å². The fourth-order valence-electron chi connectivity index (χ4n) is 2.20. The summed E-state index contributed by atoms with van der Waals surface area (Å²) < 4.78 is 24.7. The Morgan fingerprint density at radius 2 is 1.86 bits per heavy atom. The van der Waals surface area contributed by atoms with Crippen LogP contribution in [-0.4, -0.2) is 32.8 Å². The number of nitrogens with one attached hydrogen (secondary N) is 1. The predicted octanol–water partition coefficient (Wildman–Crippen LogP) is 1.50. The fraction of sp³-hybridized carbons (Fsp3) is 0.429. The van der Waals surface area contributed by atoms with Gasteiger partial charge >= 0.3 is 0 Å². The fourth-order valence-corrected chi connectivity index (χ4v) is 3.05. The molecule has 2 rings (SSSR count). The van der Waals surface area contributed by atoms with E-state index < -0.39 is 15.9 Å². The van der Waals surface area contributed by atoms with Crippen molar-refractivity contribution in [3.63, 3.8) is 0 Å². The van der Waals surface area contributed by atoms with Crippen molar-refractivity contribution in [3.05, 3.63) is 30.3 Å². The molecular formula is C14H19N3O3S. The van der Waals surface area contributed by atoms with Crippen LogP contribution in [0.15, 0.2) is 35.4 Å². The van der Waals surface area contributed by atoms with Crippen LogP contribution in [0.1, 0.15) is 25.7 Å². The Hall–Kier alpha value is -1.89. The number of sulfonamides is 1. The van der Waals surface area contributed by atoms with Crippen molar-refractivity contribution in [3.8, 4) is 0 Å². The SMILES string of the molecule is CS(=O)(=O)N(CC(=O)NN=C1CCCC1)c1ccccc1. The van der Waals surface area contributed by atoms with Crippen LogP contribution in [0, 0.1) is 0 Å². The topological polar surface area (TPSA) is 78.8 Å². The molecule has 0 aromatic heterocycles. The van der Waals surface area contributed by atoms with E-state index in [-0.39, 0.29) is 6.54 Å². The summed E-state index contributed by atoms with van der Waals surface area (Å²) in [5.41, 5.74) is 3.87. The van der Waals surface area contributed by atoms with E-state index in [1.165, 1.54) is 0 Å². The van der Waals surface area contributed by atoms with Gasteiger partial charge < -0.3 is 0 Å². The van der Waals surface area contributed by atoms with Crippen LogP contribution in [0.3, 0.4) is 0 Å². The highest BCUT2D eigenvalue weighted by atomic mass is 32.2. The second-order valence-corrected chi connectivity index (χ2v) is 6.93. The minimum atomic E-state index is -3.53. The van der Waals surface area contributed by atoms with Crippen LogP contribution in [0.25, 0.3) is 0 Å². The molecule has 21 heavy (non-hydrogen) atoms. The number of hydrogen-bond donors (Lipinski definition) is 1. The Morgan fingerprint density at radius 1 is 1.24 bits per heavy atom. The van der Waals surface area contributed by atoms with Crippen molar-refractivity contribution in [1.29, 1.82) is 0 Å². The summed E-state index contributed by atoms with van der Waals surface area (Å²) in [6.07, 6.45) is 5.06.